The van der Waals surface area contributed by atoms with Crippen molar-refractivity contribution in [3.8, 4) is 21.7 Å². The predicted octanol–water partition coefficient (Wildman–Crippen LogP) is 6.31. The highest BCUT2D eigenvalue weighted by Crippen LogP contribution is 2.38. The lowest BCUT2D eigenvalue weighted by Gasteiger charge is -2.02. The number of benzene rings is 3. The summed E-state index contributed by atoms with van der Waals surface area (Å²) in [6.45, 7) is 1.99. The molecule has 4 heteroatoms. The lowest BCUT2D eigenvalue weighted by atomic mass is 10.1. The van der Waals surface area contributed by atoms with Crippen LogP contribution in [0, 0.1) is 0 Å². The van der Waals surface area contributed by atoms with Crippen LogP contribution in [-0.4, -0.2) is 10.7 Å². The van der Waals surface area contributed by atoms with Crippen LogP contribution in [0.2, 0.25) is 0 Å². The van der Waals surface area contributed by atoms with Crippen LogP contribution in [0.25, 0.3) is 21.7 Å². The van der Waals surface area contributed by atoms with E-state index >= 15 is 0 Å². The monoisotopic (exact) mass is 369 g/mol. The third-order valence-electron chi connectivity index (χ3n) is 4.22. The van der Waals surface area contributed by atoms with Crippen LogP contribution in [0.4, 0.5) is 5.13 Å². The van der Waals surface area contributed by atoms with Crippen molar-refractivity contribution >= 4 is 22.2 Å². The van der Waals surface area contributed by atoms with Gasteiger partial charge in [-0.1, -0.05) is 102 Å². The first-order chi connectivity index (χ1) is 13.3. The molecule has 132 valence electrons. The first-order valence-electron chi connectivity index (χ1n) is 8.78. The van der Waals surface area contributed by atoms with Crippen molar-refractivity contribution in [2.75, 3.05) is 5.43 Å². The van der Waals surface area contributed by atoms with E-state index in [0.29, 0.717) is 0 Å². The Morgan fingerprint density at radius 1 is 0.778 bits per heavy atom. The van der Waals surface area contributed by atoms with E-state index in [1.54, 1.807) is 11.3 Å². The van der Waals surface area contributed by atoms with Crippen LogP contribution in [0.15, 0.2) is 96.1 Å². The molecule has 4 rings (SSSR count). The molecule has 0 atom stereocenters. The molecule has 0 saturated carbocycles. The van der Waals surface area contributed by atoms with E-state index in [2.05, 4.69) is 46.9 Å². The Hall–Kier alpha value is -3.24. The van der Waals surface area contributed by atoms with Gasteiger partial charge in [-0.2, -0.15) is 5.10 Å². The van der Waals surface area contributed by atoms with Crippen molar-refractivity contribution in [1.82, 2.24) is 4.98 Å². The number of nitrogens with zero attached hydrogens (tertiary/aromatic N) is 2. The van der Waals surface area contributed by atoms with Gasteiger partial charge in [0.1, 0.15) is 0 Å². The van der Waals surface area contributed by atoms with E-state index in [-0.39, 0.29) is 0 Å². The summed E-state index contributed by atoms with van der Waals surface area (Å²) in [6, 6.07) is 30.7. The first kappa shape index (κ1) is 17.2. The zero-order chi connectivity index (χ0) is 18.5. The lowest BCUT2D eigenvalue weighted by molar-refractivity contribution is 1.27. The van der Waals surface area contributed by atoms with Gasteiger partial charge in [-0.05, 0) is 18.1 Å². The maximum atomic E-state index is 4.82. The van der Waals surface area contributed by atoms with E-state index in [0.717, 1.165) is 38.1 Å². The first-order valence-corrected chi connectivity index (χ1v) is 9.60. The summed E-state index contributed by atoms with van der Waals surface area (Å²) in [7, 11) is 0. The second-order valence-corrected chi connectivity index (χ2v) is 7.10. The summed E-state index contributed by atoms with van der Waals surface area (Å²) in [5, 5.41) is 5.30. The molecular weight excluding hydrogens is 350 g/mol. The topological polar surface area (TPSA) is 37.3 Å². The molecule has 0 aliphatic rings. The van der Waals surface area contributed by atoms with Crippen molar-refractivity contribution in [2.45, 2.75) is 6.92 Å². The van der Waals surface area contributed by atoms with Crippen molar-refractivity contribution in [2.24, 2.45) is 5.10 Å². The maximum absolute atomic E-state index is 4.82. The highest BCUT2D eigenvalue weighted by atomic mass is 32.1. The molecule has 0 bridgehead atoms. The van der Waals surface area contributed by atoms with Crippen molar-refractivity contribution in [3.63, 3.8) is 0 Å². The molecule has 0 unspecified atom stereocenters. The van der Waals surface area contributed by atoms with Gasteiger partial charge in [-0.15, -0.1) is 0 Å². The zero-order valence-corrected chi connectivity index (χ0v) is 15.8. The molecular formula is C23H19N3S. The van der Waals surface area contributed by atoms with Gasteiger partial charge >= 0.3 is 0 Å². The van der Waals surface area contributed by atoms with E-state index < -0.39 is 0 Å². The minimum Gasteiger partial charge on any atom is -0.252 e. The number of rotatable bonds is 5. The number of hydrazone groups is 1. The van der Waals surface area contributed by atoms with Crippen LogP contribution >= 0.6 is 11.3 Å². The highest BCUT2D eigenvalue weighted by Gasteiger charge is 2.14. The summed E-state index contributed by atoms with van der Waals surface area (Å²) >= 11 is 1.62. The van der Waals surface area contributed by atoms with E-state index in [9.17, 15) is 0 Å². The number of nitrogens with one attached hydrogen (secondary N) is 1. The molecule has 0 saturated heterocycles. The molecule has 0 spiro atoms. The Kier molecular flexibility index (Phi) is 5.08. The fourth-order valence-corrected chi connectivity index (χ4v) is 3.76. The van der Waals surface area contributed by atoms with Gasteiger partial charge in [-0.25, -0.2) is 4.98 Å². The zero-order valence-electron chi connectivity index (χ0n) is 15.0. The molecule has 0 amide bonds. The van der Waals surface area contributed by atoms with Gasteiger partial charge in [0.05, 0.1) is 16.3 Å². The molecule has 1 N–H and O–H groups in total. The quantitative estimate of drug-likeness (QED) is 0.330. The Morgan fingerprint density at radius 2 is 1.33 bits per heavy atom. The van der Waals surface area contributed by atoms with E-state index in [1.165, 1.54) is 0 Å². The van der Waals surface area contributed by atoms with Gasteiger partial charge in [-0.3, -0.25) is 5.43 Å². The smallest absolute Gasteiger partial charge is 0.204 e. The third-order valence-corrected chi connectivity index (χ3v) is 5.23. The lowest BCUT2D eigenvalue weighted by Crippen LogP contribution is -1.99. The fourth-order valence-electron chi connectivity index (χ4n) is 2.82. The Labute approximate surface area is 163 Å². The summed E-state index contributed by atoms with van der Waals surface area (Å²) in [5.41, 5.74) is 8.39. The Bertz CT molecular complexity index is 982. The third kappa shape index (κ3) is 3.96. The molecule has 4 aromatic rings. The van der Waals surface area contributed by atoms with Crippen LogP contribution in [0.1, 0.15) is 12.5 Å². The van der Waals surface area contributed by atoms with Gasteiger partial charge < -0.3 is 0 Å². The minimum atomic E-state index is 0.781. The highest BCUT2D eigenvalue weighted by molar-refractivity contribution is 7.19. The second-order valence-electron chi connectivity index (χ2n) is 6.10. The molecule has 0 aliphatic carbocycles. The molecule has 1 heterocycles. The normalized spacial score (nSPS) is 11.4. The van der Waals surface area contributed by atoms with Crippen molar-refractivity contribution in [3.05, 3.63) is 96.6 Å². The largest absolute Gasteiger partial charge is 0.252 e. The van der Waals surface area contributed by atoms with Gasteiger partial charge in [0.2, 0.25) is 5.13 Å². The Balaban J connectivity index is 1.69. The standard InChI is InChI=1S/C23H19N3S/c1-17(18-11-5-2-6-12-18)25-26-23-24-21(19-13-7-3-8-14-19)22(27-23)20-15-9-4-10-16-20/h2-16H,1H3,(H,24,26)/b25-17-. The predicted molar refractivity (Wildman–Crippen MR) is 115 cm³/mol. The molecule has 3 nitrogen and oxygen atoms in total. The minimum absolute atomic E-state index is 0.781. The van der Waals surface area contributed by atoms with E-state index in [4.69, 9.17) is 4.98 Å². The number of anilines is 1. The van der Waals surface area contributed by atoms with Crippen molar-refractivity contribution < 1.29 is 0 Å². The van der Waals surface area contributed by atoms with Crippen LogP contribution in [-0.2, 0) is 0 Å². The van der Waals surface area contributed by atoms with Gasteiger partial charge in [0.15, 0.2) is 0 Å². The van der Waals surface area contributed by atoms with Crippen LogP contribution in [0.3, 0.4) is 0 Å². The van der Waals surface area contributed by atoms with E-state index in [1.807, 2.05) is 61.5 Å². The molecule has 3 aromatic carbocycles. The SMILES string of the molecule is C/C(=N/Nc1nc(-c2ccccc2)c(-c2ccccc2)s1)c1ccccc1. The Morgan fingerprint density at radius 3 is 1.96 bits per heavy atom. The molecule has 1 aromatic heterocycles. The summed E-state index contributed by atoms with van der Waals surface area (Å²) in [4.78, 5) is 5.96. The average molecular weight is 369 g/mol. The number of thiazole rings is 1. The van der Waals surface area contributed by atoms with Crippen molar-refractivity contribution in [1.29, 1.82) is 0 Å². The maximum Gasteiger partial charge on any atom is 0.204 e. The summed E-state index contributed by atoms with van der Waals surface area (Å²) in [6.07, 6.45) is 0. The number of hydrogen-bond acceptors (Lipinski definition) is 4. The van der Waals surface area contributed by atoms with Gasteiger partial charge in [0, 0.05) is 5.56 Å². The average Bonchev–Trinajstić information content (AvgIpc) is 3.18. The molecule has 0 aliphatic heterocycles. The van der Waals surface area contributed by atoms with Crippen LogP contribution in [0.5, 0.6) is 0 Å². The fraction of sp³-hybridized carbons (Fsp3) is 0.0435. The van der Waals surface area contributed by atoms with Crippen LogP contribution < -0.4 is 5.43 Å². The second kappa shape index (κ2) is 7.98. The molecule has 0 fully saturated rings. The summed E-state index contributed by atoms with van der Waals surface area (Å²) in [5.74, 6) is 0. The number of hydrogen-bond donors (Lipinski definition) is 1. The molecule has 0 radical (unpaired) electrons. The number of aromatic nitrogens is 1. The molecule has 27 heavy (non-hydrogen) atoms. The summed E-state index contributed by atoms with van der Waals surface area (Å²) < 4.78 is 0. The van der Waals surface area contributed by atoms with Gasteiger partial charge in [0.25, 0.3) is 0 Å².